The summed E-state index contributed by atoms with van der Waals surface area (Å²) in [6, 6.07) is 7.03. The molecule has 0 spiro atoms. The number of fused-ring (bicyclic) bond motifs is 2. The van der Waals surface area contributed by atoms with Crippen LogP contribution in [-0.4, -0.2) is 31.6 Å². The van der Waals surface area contributed by atoms with Crippen LogP contribution in [0.2, 0.25) is 0 Å². The number of piperidine rings is 1. The Balaban J connectivity index is 1.61. The maximum Gasteiger partial charge on any atom is 0.243 e. The molecule has 0 radical (unpaired) electrons. The quantitative estimate of drug-likeness (QED) is 0.728. The van der Waals surface area contributed by atoms with Crippen molar-refractivity contribution in [2.45, 2.75) is 57.8 Å². The number of Topliss-reactive ketones (excluding diaryl/α,β-unsaturated/α-hetero) is 1. The van der Waals surface area contributed by atoms with E-state index < -0.39 is 10.0 Å². The van der Waals surface area contributed by atoms with Gasteiger partial charge in [0.05, 0.1) is 4.90 Å². The molecule has 1 aromatic rings. The molecule has 27 heavy (non-hydrogen) atoms. The minimum Gasteiger partial charge on any atom is -0.294 e. The van der Waals surface area contributed by atoms with E-state index in [1.807, 2.05) is 18.2 Å². The summed E-state index contributed by atoms with van der Waals surface area (Å²) in [4.78, 5) is 13.3. The number of rotatable bonds is 3. The molecule has 2 bridgehead atoms. The highest BCUT2D eigenvalue weighted by molar-refractivity contribution is 7.89. The van der Waals surface area contributed by atoms with Gasteiger partial charge in [-0.25, -0.2) is 8.42 Å². The van der Waals surface area contributed by atoms with Crippen molar-refractivity contribution >= 4 is 21.9 Å². The fourth-order valence-electron chi connectivity index (χ4n) is 5.26. The molecule has 146 valence electrons. The van der Waals surface area contributed by atoms with E-state index in [0.717, 1.165) is 43.2 Å². The average Bonchev–Trinajstić information content (AvgIpc) is 2.97. The van der Waals surface area contributed by atoms with Crippen molar-refractivity contribution in [2.75, 3.05) is 13.1 Å². The van der Waals surface area contributed by atoms with Crippen LogP contribution in [0.15, 0.2) is 34.7 Å². The zero-order valence-corrected chi connectivity index (χ0v) is 17.3. The lowest BCUT2D eigenvalue weighted by Crippen LogP contribution is -2.35. The standard InChI is InChI=1S/C22H29NO3S/c1-21(2)19-11-12-22(21,3)20(24)18(19)15-16-7-9-17(10-8-16)27(25,26)23-13-5-4-6-14-23/h7-10,15,19H,4-6,11-14H2,1-3H3/b18-15+/t19-,22+/m0/s1. The Morgan fingerprint density at radius 2 is 1.67 bits per heavy atom. The Kier molecular flexibility index (Phi) is 4.39. The van der Waals surface area contributed by atoms with E-state index in [9.17, 15) is 13.2 Å². The molecule has 2 saturated carbocycles. The van der Waals surface area contributed by atoms with E-state index in [4.69, 9.17) is 0 Å². The van der Waals surface area contributed by atoms with Crippen LogP contribution in [0.25, 0.3) is 6.08 Å². The SMILES string of the molecule is CC1(C)[C@H]2CC[C@]1(C)C(=O)/C2=C/c1ccc(S(=O)(=O)N2CCCCC2)cc1. The first kappa shape index (κ1) is 18.9. The molecule has 4 nitrogen and oxygen atoms in total. The van der Waals surface area contributed by atoms with Gasteiger partial charge in [0.1, 0.15) is 0 Å². The second-order valence-corrected chi connectivity index (χ2v) is 11.0. The molecular weight excluding hydrogens is 358 g/mol. The predicted octanol–water partition coefficient (Wildman–Crippen LogP) is 4.27. The Morgan fingerprint density at radius 1 is 1.04 bits per heavy atom. The molecule has 0 aromatic heterocycles. The van der Waals surface area contributed by atoms with Gasteiger partial charge in [0.15, 0.2) is 5.78 Å². The molecule has 4 rings (SSSR count). The smallest absolute Gasteiger partial charge is 0.243 e. The zero-order chi connectivity index (χ0) is 19.4. The maximum atomic E-state index is 13.0. The van der Waals surface area contributed by atoms with Gasteiger partial charge >= 0.3 is 0 Å². The van der Waals surface area contributed by atoms with Crippen LogP contribution in [-0.2, 0) is 14.8 Å². The van der Waals surface area contributed by atoms with Crippen molar-refractivity contribution < 1.29 is 13.2 Å². The lowest BCUT2D eigenvalue weighted by atomic mass is 9.70. The molecule has 5 heteroatoms. The number of carbonyl (C=O) groups is 1. The highest BCUT2D eigenvalue weighted by atomic mass is 32.2. The van der Waals surface area contributed by atoms with E-state index in [1.54, 1.807) is 16.4 Å². The number of nitrogens with zero attached hydrogens (tertiary/aromatic N) is 1. The molecule has 1 heterocycles. The number of hydrogen-bond donors (Lipinski definition) is 0. The molecule has 2 aliphatic carbocycles. The summed E-state index contributed by atoms with van der Waals surface area (Å²) < 4.78 is 27.2. The molecule has 0 N–H and O–H groups in total. The Hall–Kier alpha value is -1.46. The van der Waals surface area contributed by atoms with Crippen LogP contribution >= 0.6 is 0 Å². The normalized spacial score (nSPS) is 32.3. The summed E-state index contributed by atoms with van der Waals surface area (Å²) in [6.45, 7) is 7.73. The average molecular weight is 388 g/mol. The molecular formula is C22H29NO3S. The van der Waals surface area contributed by atoms with Crippen LogP contribution in [0.4, 0.5) is 0 Å². The summed E-state index contributed by atoms with van der Waals surface area (Å²) in [5.41, 5.74) is 1.55. The Bertz CT molecular complexity index is 892. The van der Waals surface area contributed by atoms with Gasteiger partial charge in [-0.3, -0.25) is 4.79 Å². The lowest BCUT2D eigenvalue weighted by Gasteiger charge is -2.31. The molecule has 0 amide bonds. The molecule has 1 saturated heterocycles. The fraction of sp³-hybridized carbons (Fsp3) is 0.591. The zero-order valence-electron chi connectivity index (χ0n) is 16.5. The molecule has 3 fully saturated rings. The number of carbonyl (C=O) groups excluding carboxylic acids is 1. The topological polar surface area (TPSA) is 54.5 Å². The van der Waals surface area contributed by atoms with Crippen LogP contribution in [0.1, 0.15) is 58.4 Å². The molecule has 1 aromatic carbocycles. The predicted molar refractivity (Wildman–Crippen MR) is 107 cm³/mol. The summed E-state index contributed by atoms with van der Waals surface area (Å²) >= 11 is 0. The summed E-state index contributed by atoms with van der Waals surface area (Å²) in [5, 5.41) is 0. The number of hydrogen-bond acceptors (Lipinski definition) is 3. The van der Waals surface area contributed by atoms with Gasteiger partial charge in [0.2, 0.25) is 10.0 Å². The second-order valence-electron chi connectivity index (χ2n) is 9.11. The van der Waals surface area contributed by atoms with Crippen molar-refractivity contribution in [3.63, 3.8) is 0 Å². The first-order valence-electron chi connectivity index (χ1n) is 10.0. The van der Waals surface area contributed by atoms with Crippen LogP contribution in [0.5, 0.6) is 0 Å². The Morgan fingerprint density at radius 3 is 2.22 bits per heavy atom. The number of ketones is 1. The third-order valence-corrected chi connectivity index (χ3v) is 9.43. The van der Waals surface area contributed by atoms with E-state index in [-0.39, 0.29) is 16.6 Å². The molecule has 3 aliphatic rings. The van der Waals surface area contributed by atoms with Crippen molar-refractivity contribution in [3.8, 4) is 0 Å². The van der Waals surface area contributed by atoms with Crippen LogP contribution < -0.4 is 0 Å². The summed E-state index contributed by atoms with van der Waals surface area (Å²) in [7, 11) is -3.41. The van der Waals surface area contributed by atoms with Gasteiger partial charge in [-0.15, -0.1) is 0 Å². The Labute approximate surface area is 162 Å². The van der Waals surface area contributed by atoms with Crippen molar-refractivity contribution in [2.24, 2.45) is 16.7 Å². The van der Waals surface area contributed by atoms with E-state index in [2.05, 4.69) is 20.8 Å². The van der Waals surface area contributed by atoms with Gasteiger partial charge in [-0.1, -0.05) is 39.3 Å². The maximum absolute atomic E-state index is 13.0. The lowest BCUT2D eigenvalue weighted by molar-refractivity contribution is -0.125. The fourth-order valence-corrected chi connectivity index (χ4v) is 6.78. The van der Waals surface area contributed by atoms with Crippen molar-refractivity contribution in [3.05, 3.63) is 35.4 Å². The van der Waals surface area contributed by atoms with Gasteiger partial charge in [0, 0.05) is 18.5 Å². The molecule has 1 aliphatic heterocycles. The monoisotopic (exact) mass is 387 g/mol. The van der Waals surface area contributed by atoms with Crippen LogP contribution in [0, 0.1) is 16.7 Å². The van der Waals surface area contributed by atoms with Crippen LogP contribution in [0.3, 0.4) is 0 Å². The number of allylic oxidation sites excluding steroid dienone is 1. The van der Waals surface area contributed by atoms with Crippen molar-refractivity contribution in [1.29, 1.82) is 0 Å². The second kappa shape index (κ2) is 6.28. The number of sulfonamides is 1. The summed E-state index contributed by atoms with van der Waals surface area (Å²) in [6.07, 6.45) is 6.97. The largest absolute Gasteiger partial charge is 0.294 e. The van der Waals surface area contributed by atoms with Gasteiger partial charge in [0.25, 0.3) is 0 Å². The van der Waals surface area contributed by atoms with E-state index >= 15 is 0 Å². The van der Waals surface area contributed by atoms with Gasteiger partial charge in [-0.05, 0) is 66.4 Å². The third-order valence-electron chi connectivity index (χ3n) is 7.52. The third kappa shape index (κ3) is 2.73. The van der Waals surface area contributed by atoms with Crippen molar-refractivity contribution in [1.82, 2.24) is 4.31 Å². The minimum absolute atomic E-state index is 0.00649. The van der Waals surface area contributed by atoms with E-state index in [0.29, 0.717) is 23.9 Å². The van der Waals surface area contributed by atoms with Gasteiger partial charge in [-0.2, -0.15) is 4.31 Å². The van der Waals surface area contributed by atoms with E-state index in [1.165, 1.54) is 0 Å². The van der Waals surface area contributed by atoms with Gasteiger partial charge < -0.3 is 0 Å². The highest BCUT2D eigenvalue weighted by Crippen LogP contribution is 2.65. The first-order chi connectivity index (χ1) is 12.7. The minimum atomic E-state index is -3.41. The number of benzene rings is 1. The molecule has 0 unspecified atom stereocenters. The molecule has 2 atom stereocenters. The first-order valence-corrected chi connectivity index (χ1v) is 11.5. The highest BCUT2D eigenvalue weighted by Gasteiger charge is 2.63. The summed E-state index contributed by atoms with van der Waals surface area (Å²) in [5.74, 6) is 0.570.